The molecule has 0 bridgehead atoms. The molecule has 20 heavy (non-hydrogen) atoms. The molecule has 0 radical (unpaired) electrons. The fourth-order valence-electron chi connectivity index (χ4n) is 2.24. The second kappa shape index (κ2) is 5.30. The lowest BCUT2D eigenvalue weighted by molar-refractivity contribution is 0.180. The normalized spacial score (nSPS) is 12.5. The van der Waals surface area contributed by atoms with Crippen molar-refractivity contribution >= 4 is 5.52 Å². The first-order valence-corrected chi connectivity index (χ1v) is 6.36. The summed E-state index contributed by atoms with van der Waals surface area (Å²) in [5, 5.41) is 14.6. The van der Waals surface area contributed by atoms with Gasteiger partial charge in [0.1, 0.15) is 5.75 Å². The van der Waals surface area contributed by atoms with Crippen molar-refractivity contribution in [3.05, 3.63) is 60.2 Å². The van der Waals surface area contributed by atoms with Gasteiger partial charge >= 0.3 is 0 Å². The first-order valence-electron chi connectivity index (χ1n) is 6.36. The number of rotatable bonds is 4. The van der Waals surface area contributed by atoms with Crippen LogP contribution in [-0.4, -0.2) is 26.8 Å². The number of methoxy groups -OCH3 is 1. The van der Waals surface area contributed by atoms with Gasteiger partial charge in [-0.05, 0) is 17.7 Å². The molecule has 5 heteroatoms. The lowest BCUT2D eigenvalue weighted by atomic mass is 10.0. The molecule has 0 amide bonds. The lowest BCUT2D eigenvalue weighted by Gasteiger charge is -2.10. The van der Waals surface area contributed by atoms with Gasteiger partial charge in [0.05, 0.1) is 31.1 Å². The highest BCUT2D eigenvalue weighted by molar-refractivity contribution is 5.53. The van der Waals surface area contributed by atoms with Crippen LogP contribution in [0.3, 0.4) is 0 Å². The van der Waals surface area contributed by atoms with Crippen molar-refractivity contribution in [2.45, 2.75) is 12.5 Å². The Morgan fingerprint density at radius 3 is 3.10 bits per heavy atom. The van der Waals surface area contributed by atoms with Gasteiger partial charge in [-0.25, -0.2) is 4.52 Å². The van der Waals surface area contributed by atoms with Crippen molar-refractivity contribution in [2.24, 2.45) is 0 Å². The predicted octanol–water partition coefficient (Wildman–Crippen LogP) is 2.01. The van der Waals surface area contributed by atoms with Gasteiger partial charge in [0, 0.05) is 24.4 Å². The minimum absolute atomic E-state index is 0.507. The van der Waals surface area contributed by atoms with Crippen molar-refractivity contribution in [1.29, 1.82) is 0 Å². The van der Waals surface area contributed by atoms with E-state index in [0.29, 0.717) is 6.42 Å². The van der Waals surface area contributed by atoms with Crippen LogP contribution in [-0.2, 0) is 6.42 Å². The second-order valence-electron chi connectivity index (χ2n) is 4.58. The number of ether oxygens (including phenoxy) is 1. The molecule has 3 rings (SSSR count). The molecule has 0 aliphatic rings. The Bertz CT molecular complexity index is 724. The van der Waals surface area contributed by atoms with Crippen LogP contribution in [0.15, 0.2) is 49.1 Å². The Hall–Kier alpha value is -2.40. The summed E-state index contributed by atoms with van der Waals surface area (Å²) in [6.07, 6.45) is 6.70. The van der Waals surface area contributed by atoms with Crippen molar-refractivity contribution in [2.75, 3.05) is 7.11 Å². The molecule has 1 atom stereocenters. The van der Waals surface area contributed by atoms with E-state index in [2.05, 4.69) is 10.1 Å². The molecule has 5 nitrogen and oxygen atoms in total. The predicted molar refractivity (Wildman–Crippen MR) is 74.6 cm³/mol. The van der Waals surface area contributed by atoms with Gasteiger partial charge in [-0.3, -0.25) is 4.98 Å². The molecule has 0 aliphatic heterocycles. The van der Waals surface area contributed by atoms with Crippen LogP contribution in [0.2, 0.25) is 0 Å². The van der Waals surface area contributed by atoms with E-state index in [1.807, 2.05) is 24.3 Å². The molecule has 0 aliphatic carbocycles. The highest BCUT2D eigenvalue weighted by Crippen LogP contribution is 2.23. The summed E-state index contributed by atoms with van der Waals surface area (Å²) in [5.74, 6) is 0.788. The topological polar surface area (TPSA) is 59.7 Å². The number of fused-ring (bicyclic) bond motifs is 1. The zero-order chi connectivity index (χ0) is 13.9. The average Bonchev–Trinajstić information content (AvgIpc) is 2.91. The van der Waals surface area contributed by atoms with Crippen molar-refractivity contribution in [1.82, 2.24) is 14.6 Å². The molecule has 3 aromatic rings. The summed E-state index contributed by atoms with van der Waals surface area (Å²) >= 11 is 0. The molecule has 0 fully saturated rings. The average molecular weight is 269 g/mol. The zero-order valence-electron chi connectivity index (χ0n) is 11.1. The third kappa shape index (κ3) is 2.35. The van der Waals surface area contributed by atoms with E-state index in [1.54, 1.807) is 36.4 Å². The number of aromatic nitrogens is 3. The van der Waals surface area contributed by atoms with Gasteiger partial charge < -0.3 is 9.84 Å². The Kier molecular flexibility index (Phi) is 3.35. The Morgan fingerprint density at radius 2 is 2.25 bits per heavy atom. The fraction of sp³-hybridized carbons (Fsp3) is 0.200. The van der Waals surface area contributed by atoms with Crippen molar-refractivity contribution in [3.8, 4) is 5.75 Å². The monoisotopic (exact) mass is 269 g/mol. The maximum Gasteiger partial charge on any atom is 0.119 e. The number of hydrogen-bond donors (Lipinski definition) is 1. The first kappa shape index (κ1) is 12.6. The Balaban J connectivity index is 1.87. The molecule has 1 unspecified atom stereocenters. The van der Waals surface area contributed by atoms with Crippen LogP contribution in [0, 0.1) is 0 Å². The Morgan fingerprint density at radius 1 is 1.35 bits per heavy atom. The van der Waals surface area contributed by atoms with Crippen molar-refractivity contribution in [3.63, 3.8) is 0 Å². The zero-order valence-corrected chi connectivity index (χ0v) is 11.1. The highest BCUT2D eigenvalue weighted by Gasteiger charge is 2.14. The summed E-state index contributed by atoms with van der Waals surface area (Å²) in [5.41, 5.74) is 2.61. The molecular weight excluding hydrogens is 254 g/mol. The number of benzene rings is 1. The molecule has 0 spiro atoms. The van der Waals surface area contributed by atoms with Crippen LogP contribution < -0.4 is 4.74 Å². The van der Waals surface area contributed by atoms with Crippen molar-refractivity contribution < 1.29 is 9.84 Å². The summed E-state index contributed by atoms with van der Waals surface area (Å²) in [6.45, 7) is 0. The summed E-state index contributed by atoms with van der Waals surface area (Å²) in [4.78, 5) is 4.07. The van der Waals surface area contributed by atoms with Gasteiger partial charge in [-0.15, -0.1) is 0 Å². The standard InChI is InChI=1S/C15H15N3O2/c1-20-12-4-2-3-11(7-12)8-15(19)13-9-17-18-6-5-16-10-14(13)18/h2-7,9-10,15,19H,8H2,1H3. The highest BCUT2D eigenvalue weighted by atomic mass is 16.5. The maximum absolute atomic E-state index is 10.4. The molecule has 2 aromatic heterocycles. The van der Waals surface area contributed by atoms with Gasteiger partial charge in [0.15, 0.2) is 0 Å². The van der Waals surface area contributed by atoms with Gasteiger partial charge in [0.25, 0.3) is 0 Å². The SMILES string of the molecule is COc1cccc(CC(O)c2cnn3ccncc23)c1. The van der Waals surface area contributed by atoms with E-state index in [0.717, 1.165) is 22.4 Å². The third-order valence-corrected chi connectivity index (χ3v) is 3.28. The van der Waals surface area contributed by atoms with Crippen LogP contribution in [0.25, 0.3) is 5.52 Å². The van der Waals surface area contributed by atoms with E-state index in [9.17, 15) is 5.11 Å². The summed E-state index contributed by atoms with van der Waals surface area (Å²) < 4.78 is 6.89. The smallest absolute Gasteiger partial charge is 0.119 e. The fourth-order valence-corrected chi connectivity index (χ4v) is 2.24. The van der Waals surface area contributed by atoms with Crippen LogP contribution in [0.1, 0.15) is 17.2 Å². The largest absolute Gasteiger partial charge is 0.497 e. The summed E-state index contributed by atoms with van der Waals surface area (Å²) in [7, 11) is 1.63. The summed E-state index contributed by atoms with van der Waals surface area (Å²) in [6, 6.07) is 7.69. The molecule has 0 saturated carbocycles. The molecule has 0 saturated heterocycles. The number of hydrogen-bond acceptors (Lipinski definition) is 4. The number of aliphatic hydroxyl groups excluding tert-OH is 1. The number of nitrogens with zero attached hydrogens (tertiary/aromatic N) is 3. The van der Waals surface area contributed by atoms with Crippen LogP contribution in [0.5, 0.6) is 5.75 Å². The molecule has 1 N–H and O–H groups in total. The Labute approximate surface area is 116 Å². The molecule has 1 aromatic carbocycles. The van der Waals surface area contributed by atoms with Crippen LogP contribution in [0.4, 0.5) is 0 Å². The van der Waals surface area contributed by atoms with E-state index in [4.69, 9.17) is 4.74 Å². The van der Waals surface area contributed by atoms with Crippen LogP contribution >= 0.6 is 0 Å². The number of aliphatic hydroxyl groups is 1. The molecule has 2 heterocycles. The molecule has 102 valence electrons. The minimum atomic E-state index is -0.621. The quantitative estimate of drug-likeness (QED) is 0.787. The van der Waals surface area contributed by atoms with E-state index in [1.165, 1.54) is 0 Å². The van der Waals surface area contributed by atoms with Gasteiger partial charge in [-0.1, -0.05) is 12.1 Å². The lowest BCUT2D eigenvalue weighted by Crippen LogP contribution is -2.02. The van der Waals surface area contributed by atoms with Gasteiger partial charge in [0.2, 0.25) is 0 Å². The maximum atomic E-state index is 10.4. The first-order chi connectivity index (χ1) is 9.78. The van der Waals surface area contributed by atoms with E-state index >= 15 is 0 Å². The second-order valence-corrected chi connectivity index (χ2v) is 4.58. The van der Waals surface area contributed by atoms with Gasteiger partial charge in [-0.2, -0.15) is 5.10 Å². The minimum Gasteiger partial charge on any atom is -0.497 e. The van der Waals surface area contributed by atoms with E-state index in [-0.39, 0.29) is 0 Å². The molecular formula is C15H15N3O2. The van der Waals surface area contributed by atoms with E-state index < -0.39 is 6.10 Å². The third-order valence-electron chi connectivity index (χ3n) is 3.28.